The largest absolute Gasteiger partial charge is 0.487 e. The first kappa shape index (κ1) is 20.0. The molecule has 3 aromatic heterocycles. The van der Waals surface area contributed by atoms with E-state index in [-0.39, 0.29) is 0 Å². The molecule has 8 heteroatoms. The monoisotopic (exact) mass is 444 g/mol. The molecule has 3 heterocycles. The van der Waals surface area contributed by atoms with Crippen molar-refractivity contribution in [3.63, 3.8) is 0 Å². The summed E-state index contributed by atoms with van der Waals surface area (Å²) in [6, 6.07) is 17.7. The molecule has 0 aliphatic heterocycles. The Morgan fingerprint density at radius 2 is 1.97 bits per heavy atom. The number of carbonyl (C=O) groups excluding carboxylic acids is 1. The summed E-state index contributed by atoms with van der Waals surface area (Å²) in [6.07, 6.45) is 3.80. The average molecular weight is 445 g/mol. The number of H-pyrrole nitrogens is 1. The normalized spacial score (nSPS) is 11.1. The summed E-state index contributed by atoms with van der Waals surface area (Å²) in [4.78, 5) is 21.6. The van der Waals surface area contributed by atoms with Gasteiger partial charge in [-0.1, -0.05) is 36.4 Å². The van der Waals surface area contributed by atoms with Gasteiger partial charge in [-0.2, -0.15) is 5.10 Å². The van der Waals surface area contributed by atoms with E-state index >= 15 is 0 Å². The first-order valence-corrected chi connectivity index (χ1v) is 10.8. The van der Waals surface area contributed by atoms with Crippen LogP contribution < -0.4 is 4.74 Å². The topological polar surface area (TPSA) is 82.0 Å². The third kappa shape index (κ3) is 3.88. The molecule has 0 amide bonds. The summed E-state index contributed by atoms with van der Waals surface area (Å²) in [6.45, 7) is 0.357. The number of nitrogens with one attached hydrogen (secondary N) is 1. The van der Waals surface area contributed by atoms with Crippen LogP contribution in [0.25, 0.3) is 32.9 Å². The van der Waals surface area contributed by atoms with Crippen molar-refractivity contribution in [1.82, 2.24) is 19.7 Å². The predicted molar refractivity (Wildman–Crippen MR) is 124 cm³/mol. The Hall–Kier alpha value is -3.91. The summed E-state index contributed by atoms with van der Waals surface area (Å²) >= 11 is 1.29. The van der Waals surface area contributed by atoms with E-state index in [2.05, 4.69) is 10.1 Å². The molecular weight excluding hydrogens is 424 g/mol. The van der Waals surface area contributed by atoms with Crippen LogP contribution in [0.2, 0.25) is 0 Å². The molecule has 160 valence electrons. The van der Waals surface area contributed by atoms with Gasteiger partial charge in [0.05, 0.1) is 29.2 Å². The van der Waals surface area contributed by atoms with E-state index in [4.69, 9.17) is 14.5 Å². The molecule has 5 aromatic rings. The number of nitrogens with zero attached hydrogens (tertiary/aromatic N) is 3. The average Bonchev–Trinajstić information content (AvgIpc) is 3.55. The van der Waals surface area contributed by atoms with E-state index < -0.39 is 5.97 Å². The molecule has 5 rings (SSSR count). The summed E-state index contributed by atoms with van der Waals surface area (Å²) in [7, 11) is 3.26. The molecule has 0 aliphatic carbocycles. The third-order valence-electron chi connectivity index (χ3n) is 5.06. The zero-order valence-electron chi connectivity index (χ0n) is 17.5. The van der Waals surface area contributed by atoms with Crippen molar-refractivity contribution < 1.29 is 14.3 Å². The highest BCUT2D eigenvalue weighted by atomic mass is 32.1. The van der Waals surface area contributed by atoms with E-state index in [9.17, 15) is 4.79 Å². The van der Waals surface area contributed by atoms with Crippen molar-refractivity contribution in [3.05, 3.63) is 77.4 Å². The highest BCUT2D eigenvalue weighted by molar-refractivity contribution is 7.17. The van der Waals surface area contributed by atoms with Crippen molar-refractivity contribution >= 4 is 28.3 Å². The highest BCUT2D eigenvalue weighted by Gasteiger charge is 2.21. The lowest BCUT2D eigenvalue weighted by Crippen LogP contribution is -2.02. The minimum absolute atomic E-state index is 0.357. The third-order valence-corrected chi connectivity index (χ3v) is 6.16. The standard InChI is InChI=1S/C24H20N4O3S/c1-28-13-17(12-25-28)16-8-9-18-19(10-16)27-23(26-18)21-11-20(22(32-21)24(29)30-2)31-14-15-6-4-3-5-7-15/h3-13H,14H2,1-2H3,(H,26,27). The Morgan fingerprint density at radius 3 is 2.72 bits per heavy atom. The molecule has 0 fully saturated rings. The van der Waals surface area contributed by atoms with Crippen LogP contribution in [-0.4, -0.2) is 32.8 Å². The van der Waals surface area contributed by atoms with Crippen LogP contribution in [0.4, 0.5) is 0 Å². The summed E-state index contributed by atoms with van der Waals surface area (Å²) in [5.74, 6) is 0.726. The van der Waals surface area contributed by atoms with Crippen LogP contribution >= 0.6 is 11.3 Å². The number of ether oxygens (including phenoxy) is 2. The van der Waals surface area contributed by atoms with Gasteiger partial charge in [0, 0.05) is 24.9 Å². The molecule has 0 bridgehead atoms. The number of aryl methyl sites for hydroxylation is 1. The minimum Gasteiger partial charge on any atom is -0.487 e. The number of esters is 1. The zero-order valence-corrected chi connectivity index (χ0v) is 18.3. The second-order valence-electron chi connectivity index (χ2n) is 7.29. The van der Waals surface area contributed by atoms with Crippen LogP contribution in [0.3, 0.4) is 0 Å². The van der Waals surface area contributed by atoms with Gasteiger partial charge in [-0.15, -0.1) is 11.3 Å². The zero-order chi connectivity index (χ0) is 22.1. The maximum Gasteiger partial charge on any atom is 0.351 e. The van der Waals surface area contributed by atoms with Crippen LogP contribution in [0, 0.1) is 0 Å². The number of imidazole rings is 1. The molecular formula is C24H20N4O3S. The van der Waals surface area contributed by atoms with Gasteiger partial charge in [-0.05, 0) is 23.3 Å². The number of benzene rings is 2. The van der Waals surface area contributed by atoms with Crippen LogP contribution in [0.1, 0.15) is 15.2 Å². The highest BCUT2D eigenvalue weighted by Crippen LogP contribution is 2.37. The van der Waals surface area contributed by atoms with E-state index in [1.807, 2.05) is 74.0 Å². The van der Waals surface area contributed by atoms with Gasteiger partial charge in [0.15, 0.2) is 4.88 Å². The van der Waals surface area contributed by atoms with Gasteiger partial charge >= 0.3 is 5.97 Å². The number of hydrogen-bond donors (Lipinski definition) is 1. The number of fused-ring (bicyclic) bond motifs is 1. The van der Waals surface area contributed by atoms with E-state index in [1.54, 1.807) is 4.68 Å². The molecule has 0 unspecified atom stereocenters. The van der Waals surface area contributed by atoms with Gasteiger partial charge in [-0.3, -0.25) is 4.68 Å². The maximum absolute atomic E-state index is 12.3. The van der Waals surface area contributed by atoms with Gasteiger partial charge < -0.3 is 14.5 Å². The van der Waals surface area contributed by atoms with Crippen LogP contribution in [0.5, 0.6) is 5.75 Å². The lowest BCUT2D eigenvalue weighted by molar-refractivity contribution is 0.0601. The van der Waals surface area contributed by atoms with E-state index in [1.165, 1.54) is 18.4 Å². The van der Waals surface area contributed by atoms with Crippen molar-refractivity contribution in [3.8, 4) is 27.6 Å². The van der Waals surface area contributed by atoms with E-state index in [0.717, 1.165) is 32.6 Å². The van der Waals surface area contributed by atoms with Crippen LogP contribution in [0.15, 0.2) is 67.0 Å². The number of rotatable bonds is 6. The Balaban J connectivity index is 1.48. The maximum atomic E-state index is 12.3. The molecule has 0 spiro atoms. The molecule has 0 saturated heterocycles. The first-order valence-electron chi connectivity index (χ1n) is 9.99. The fraction of sp³-hybridized carbons (Fsp3) is 0.125. The van der Waals surface area contributed by atoms with E-state index in [0.29, 0.717) is 23.1 Å². The Morgan fingerprint density at radius 1 is 1.12 bits per heavy atom. The Labute approximate surface area is 188 Å². The second-order valence-corrected chi connectivity index (χ2v) is 8.34. The van der Waals surface area contributed by atoms with Gasteiger partial charge in [0.25, 0.3) is 0 Å². The number of methoxy groups -OCH3 is 1. The molecule has 0 atom stereocenters. The smallest absolute Gasteiger partial charge is 0.351 e. The fourth-order valence-corrected chi connectivity index (χ4v) is 4.41. The number of aromatic amines is 1. The van der Waals surface area contributed by atoms with Gasteiger partial charge in [0.2, 0.25) is 0 Å². The van der Waals surface area contributed by atoms with Crippen molar-refractivity contribution in [2.75, 3.05) is 7.11 Å². The molecule has 0 radical (unpaired) electrons. The molecule has 0 aliphatic rings. The number of carbonyl (C=O) groups is 1. The molecule has 2 aromatic carbocycles. The van der Waals surface area contributed by atoms with Crippen molar-refractivity contribution in [2.24, 2.45) is 7.05 Å². The molecule has 0 saturated carbocycles. The molecule has 7 nitrogen and oxygen atoms in total. The lowest BCUT2D eigenvalue weighted by Gasteiger charge is -2.06. The number of hydrogen-bond acceptors (Lipinski definition) is 6. The summed E-state index contributed by atoms with van der Waals surface area (Å²) in [5, 5.41) is 4.24. The molecule has 1 N–H and O–H groups in total. The van der Waals surface area contributed by atoms with Gasteiger partial charge in [0.1, 0.15) is 18.2 Å². The minimum atomic E-state index is -0.431. The second kappa shape index (κ2) is 8.32. The predicted octanol–water partition coefficient (Wildman–Crippen LogP) is 5.06. The molecule has 32 heavy (non-hydrogen) atoms. The van der Waals surface area contributed by atoms with Crippen LogP contribution in [-0.2, 0) is 18.4 Å². The number of thiophene rings is 1. The summed E-state index contributed by atoms with van der Waals surface area (Å²) < 4.78 is 12.7. The Bertz CT molecular complexity index is 1400. The van der Waals surface area contributed by atoms with Crippen molar-refractivity contribution in [2.45, 2.75) is 6.61 Å². The van der Waals surface area contributed by atoms with Gasteiger partial charge in [-0.25, -0.2) is 9.78 Å². The number of aromatic nitrogens is 4. The Kier molecular flexibility index (Phi) is 5.20. The summed E-state index contributed by atoms with van der Waals surface area (Å²) in [5.41, 5.74) is 4.84. The SMILES string of the molecule is COC(=O)c1sc(-c2nc3ccc(-c4cnn(C)c4)cc3[nH]2)cc1OCc1ccccc1. The fourth-order valence-electron chi connectivity index (χ4n) is 3.44. The quantitative estimate of drug-likeness (QED) is 0.370. The van der Waals surface area contributed by atoms with Crippen molar-refractivity contribution in [1.29, 1.82) is 0 Å². The first-order chi connectivity index (χ1) is 15.6. The lowest BCUT2D eigenvalue weighted by atomic mass is 10.1.